The number of rotatable bonds is 4. The minimum Gasteiger partial charge on any atom is -0.487 e. The molecule has 100 valence electrons. The van der Waals surface area contributed by atoms with E-state index in [1.807, 2.05) is 37.3 Å². The second-order valence-electron chi connectivity index (χ2n) is 4.41. The molecular formula is C15H16BrNO2. The molecule has 1 heterocycles. The number of aliphatic hydroxyl groups is 1. The Bertz CT molecular complexity index is 570. The maximum absolute atomic E-state index is 9.74. The van der Waals surface area contributed by atoms with Crippen molar-refractivity contribution in [1.82, 2.24) is 4.98 Å². The molecule has 0 aliphatic carbocycles. The van der Waals surface area contributed by atoms with Crippen molar-refractivity contribution in [2.75, 3.05) is 0 Å². The van der Waals surface area contributed by atoms with Gasteiger partial charge in [0.05, 0.1) is 11.8 Å². The third-order valence-electron chi connectivity index (χ3n) is 2.91. The van der Waals surface area contributed by atoms with Gasteiger partial charge in [0.2, 0.25) is 0 Å². The molecule has 0 radical (unpaired) electrons. The molecular weight excluding hydrogens is 306 g/mol. The van der Waals surface area contributed by atoms with Crippen molar-refractivity contribution >= 4 is 15.9 Å². The molecule has 4 heteroatoms. The Morgan fingerprint density at radius 1 is 1.37 bits per heavy atom. The highest BCUT2D eigenvalue weighted by atomic mass is 79.9. The van der Waals surface area contributed by atoms with Crippen molar-refractivity contribution in [3.8, 4) is 5.75 Å². The zero-order valence-corrected chi connectivity index (χ0v) is 12.5. The molecule has 1 atom stereocenters. The highest BCUT2D eigenvalue weighted by Gasteiger charge is 2.10. The highest BCUT2D eigenvalue weighted by molar-refractivity contribution is 9.10. The Morgan fingerprint density at radius 3 is 2.84 bits per heavy atom. The van der Waals surface area contributed by atoms with E-state index in [1.165, 1.54) is 0 Å². The van der Waals surface area contributed by atoms with Crippen LogP contribution in [0.15, 0.2) is 41.0 Å². The summed E-state index contributed by atoms with van der Waals surface area (Å²) in [6.07, 6.45) is 1.19. The van der Waals surface area contributed by atoms with Crippen LogP contribution in [-0.4, -0.2) is 10.1 Å². The first-order chi connectivity index (χ1) is 9.08. The Balaban J connectivity index is 2.19. The minimum atomic E-state index is -0.562. The number of benzene rings is 1. The van der Waals surface area contributed by atoms with Crippen molar-refractivity contribution in [3.05, 3.63) is 57.8 Å². The molecule has 0 amide bonds. The zero-order valence-electron chi connectivity index (χ0n) is 10.9. The third kappa shape index (κ3) is 3.55. The quantitative estimate of drug-likeness (QED) is 0.931. The largest absolute Gasteiger partial charge is 0.487 e. The molecule has 2 aromatic rings. The van der Waals surface area contributed by atoms with E-state index >= 15 is 0 Å². The lowest BCUT2D eigenvalue weighted by Crippen LogP contribution is -2.03. The Kier molecular flexibility index (Phi) is 4.56. The van der Waals surface area contributed by atoms with E-state index in [0.717, 1.165) is 21.3 Å². The number of nitrogens with zero attached hydrogens (tertiary/aromatic N) is 1. The second-order valence-corrected chi connectivity index (χ2v) is 5.33. The molecule has 0 saturated heterocycles. The van der Waals surface area contributed by atoms with Crippen LogP contribution in [0.25, 0.3) is 0 Å². The fourth-order valence-electron chi connectivity index (χ4n) is 1.79. The fourth-order valence-corrected chi connectivity index (χ4v) is 2.13. The topological polar surface area (TPSA) is 42.4 Å². The minimum absolute atomic E-state index is 0.392. The summed E-state index contributed by atoms with van der Waals surface area (Å²) in [6.45, 7) is 4.12. The lowest BCUT2D eigenvalue weighted by atomic mass is 10.1. The van der Waals surface area contributed by atoms with E-state index in [9.17, 15) is 5.11 Å². The van der Waals surface area contributed by atoms with Crippen molar-refractivity contribution in [3.63, 3.8) is 0 Å². The number of hydrogen-bond acceptors (Lipinski definition) is 3. The number of aliphatic hydroxyl groups excluding tert-OH is 1. The molecule has 1 N–H and O–H groups in total. The van der Waals surface area contributed by atoms with Gasteiger partial charge in [0.15, 0.2) is 0 Å². The summed E-state index contributed by atoms with van der Waals surface area (Å²) in [7, 11) is 0. The summed E-state index contributed by atoms with van der Waals surface area (Å²) in [4.78, 5) is 4.29. The third-order valence-corrected chi connectivity index (χ3v) is 3.40. The van der Waals surface area contributed by atoms with E-state index in [2.05, 4.69) is 20.9 Å². The SMILES string of the molecule is Cc1cccnc1COc1cc(Br)ccc1C(C)O. The van der Waals surface area contributed by atoms with Gasteiger partial charge in [0.25, 0.3) is 0 Å². The summed E-state index contributed by atoms with van der Waals surface area (Å²) in [6, 6.07) is 9.51. The van der Waals surface area contributed by atoms with E-state index in [1.54, 1.807) is 13.1 Å². The molecule has 3 nitrogen and oxygen atoms in total. The molecule has 0 fully saturated rings. The first-order valence-corrected chi connectivity index (χ1v) is 6.88. The summed E-state index contributed by atoms with van der Waals surface area (Å²) < 4.78 is 6.71. The number of ether oxygens (including phenoxy) is 1. The monoisotopic (exact) mass is 321 g/mol. The van der Waals surface area contributed by atoms with Gasteiger partial charge >= 0.3 is 0 Å². The van der Waals surface area contributed by atoms with E-state index in [-0.39, 0.29) is 0 Å². The van der Waals surface area contributed by atoms with Gasteiger partial charge in [-0.25, -0.2) is 0 Å². The van der Waals surface area contributed by atoms with Crippen molar-refractivity contribution < 1.29 is 9.84 Å². The van der Waals surface area contributed by atoms with Gasteiger partial charge in [0.1, 0.15) is 12.4 Å². The predicted molar refractivity (Wildman–Crippen MR) is 78.1 cm³/mol. The van der Waals surface area contributed by atoms with Crippen LogP contribution in [0.2, 0.25) is 0 Å². The van der Waals surface area contributed by atoms with Gasteiger partial charge in [-0.1, -0.05) is 28.1 Å². The van der Waals surface area contributed by atoms with E-state index < -0.39 is 6.10 Å². The predicted octanol–water partition coefficient (Wildman–Crippen LogP) is 3.78. The number of pyridine rings is 1. The molecule has 1 aromatic carbocycles. The van der Waals surface area contributed by atoms with E-state index in [4.69, 9.17) is 4.74 Å². The van der Waals surface area contributed by atoms with Gasteiger partial charge in [-0.15, -0.1) is 0 Å². The van der Waals surface area contributed by atoms with Crippen LogP contribution >= 0.6 is 15.9 Å². The Labute approximate surface area is 121 Å². The van der Waals surface area contributed by atoms with Crippen LogP contribution in [0.4, 0.5) is 0 Å². The molecule has 0 aliphatic heterocycles. The van der Waals surface area contributed by atoms with Crippen LogP contribution in [0.3, 0.4) is 0 Å². The highest BCUT2D eigenvalue weighted by Crippen LogP contribution is 2.29. The summed E-state index contributed by atoms with van der Waals surface area (Å²) >= 11 is 3.41. The summed E-state index contributed by atoms with van der Waals surface area (Å²) in [5, 5.41) is 9.74. The van der Waals surface area contributed by atoms with Gasteiger partial charge in [-0.3, -0.25) is 4.98 Å². The summed E-state index contributed by atoms with van der Waals surface area (Å²) in [5.41, 5.74) is 2.77. The van der Waals surface area contributed by atoms with Crippen LogP contribution in [0.1, 0.15) is 29.8 Å². The van der Waals surface area contributed by atoms with Crippen LogP contribution in [-0.2, 0) is 6.61 Å². The van der Waals surface area contributed by atoms with Crippen LogP contribution in [0.5, 0.6) is 5.75 Å². The molecule has 2 rings (SSSR count). The second kappa shape index (κ2) is 6.17. The average molecular weight is 322 g/mol. The Morgan fingerprint density at radius 2 is 2.16 bits per heavy atom. The standard InChI is InChI=1S/C15H16BrNO2/c1-10-4-3-7-17-14(10)9-19-15-8-12(16)5-6-13(15)11(2)18/h3-8,11,18H,9H2,1-2H3. The van der Waals surface area contributed by atoms with Gasteiger partial charge in [-0.2, -0.15) is 0 Å². The lowest BCUT2D eigenvalue weighted by Gasteiger charge is -2.14. The number of aromatic nitrogens is 1. The molecule has 1 aromatic heterocycles. The van der Waals surface area contributed by atoms with Crippen LogP contribution in [0, 0.1) is 6.92 Å². The Hall–Kier alpha value is -1.39. The molecule has 0 spiro atoms. The maximum atomic E-state index is 9.74. The van der Waals surface area contributed by atoms with Crippen molar-refractivity contribution in [1.29, 1.82) is 0 Å². The van der Waals surface area contributed by atoms with Crippen molar-refractivity contribution in [2.24, 2.45) is 0 Å². The van der Waals surface area contributed by atoms with E-state index in [0.29, 0.717) is 12.4 Å². The normalized spacial score (nSPS) is 12.2. The maximum Gasteiger partial charge on any atom is 0.130 e. The van der Waals surface area contributed by atoms with Crippen LogP contribution < -0.4 is 4.74 Å². The first-order valence-electron chi connectivity index (χ1n) is 6.08. The average Bonchev–Trinajstić information content (AvgIpc) is 2.37. The number of aryl methyl sites for hydroxylation is 1. The van der Waals surface area contributed by atoms with Gasteiger partial charge < -0.3 is 9.84 Å². The molecule has 0 bridgehead atoms. The van der Waals surface area contributed by atoms with Gasteiger partial charge in [-0.05, 0) is 37.6 Å². The lowest BCUT2D eigenvalue weighted by molar-refractivity contribution is 0.189. The number of halogens is 1. The zero-order chi connectivity index (χ0) is 13.8. The first kappa shape index (κ1) is 14.0. The molecule has 1 unspecified atom stereocenters. The molecule has 0 saturated carbocycles. The smallest absolute Gasteiger partial charge is 0.130 e. The number of hydrogen-bond donors (Lipinski definition) is 1. The molecule has 0 aliphatic rings. The van der Waals surface area contributed by atoms with Gasteiger partial charge in [0, 0.05) is 16.2 Å². The summed E-state index contributed by atoms with van der Waals surface area (Å²) in [5.74, 6) is 0.675. The fraction of sp³-hybridized carbons (Fsp3) is 0.267. The molecule has 19 heavy (non-hydrogen) atoms. The van der Waals surface area contributed by atoms with Crippen molar-refractivity contribution in [2.45, 2.75) is 26.6 Å².